The van der Waals surface area contributed by atoms with Crippen LogP contribution in [0.3, 0.4) is 0 Å². The molecule has 4 aromatic carbocycles. The Bertz CT molecular complexity index is 1290. The molecule has 0 aliphatic carbocycles. The fourth-order valence-corrected chi connectivity index (χ4v) is 4.33. The largest absolute Gasteiger partial charge is 0.418 e. The number of hydrogen-bond donors (Lipinski definition) is 0. The van der Waals surface area contributed by atoms with Crippen LogP contribution in [0.4, 0.5) is 0 Å². The molecule has 4 aromatic rings. The lowest BCUT2D eigenvalue weighted by molar-refractivity contribution is 0.0646. The maximum atomic E-state index is 13.4. The van der Waals surface area contributed by atoms with Gasteiger partial charge >= 0.3 is 11.9 Å². The van der Waals surface area contributed by atoms with Crippen LogP contribution in [0, 0.1) is 0 Å². The number of ether oxygens (including phenoxy) is 2. The average molecular weight is 533 g/mol. The van der Waals surface area contributed by atoms with E-state index in [1.54, 1.807) is 24.3 Å². The van der Waals surface area contributed by atoms with Gasteiger partial charge in [-0.2, -0.15) is 0 Å². The van der Waals surface area contributed by atoms with Crippen molar-refractivity contribution in [1.82, 2.24) is 0 Å². The van der Waals surface area contributed by atoms with Crippen molar-refractivity contribution >= 4 is 23.5 Å². The molecular weight excluding hydrogens is 496 g/mol. The first-order valence-corrected chi connectivity index (χ1v) is 14.1. The molecule has 0 saturated carbocycles. The predicted molar refractivity (Wildman–Crippen MR) is 161 cm³/mol. The lowest BCUT2D eigenvalue weighted by Crippen LogP contribution is -2.11. The van der Waals surface area contributed by atoms with Gasteiger partial charge in [0, 0.05) is 11.1 Å². The highest BCUT2D eigenvalue weighted by atomic mass is 16.6. The third-order valence-corrected chi connectivity index (χ3v) is 6.68. The van der Waals surface area contributed by atoms with Gasteiger partial charge in [0.15, 0.2) is 11.5 Å². The Morgan fingerprint density at radius 2 is 0.825 bits per heavy atom. The van der Waals surface area contributed by atoms with Gasteiger partial charge in [-0.05, 0) is 61.1 Å². The maximum Gasteiger partial charge on any atom is 0.343 e. The van der Waals surface area contributed by atoms with Crippen molar-refractivity contribution in [2.75, 3.05) is 0 Å². The van der Waals surface area contributed by atoms with Gasteiger partial charge in [0.25, 0.3) is 0 Å². The van der Waals surface area contributed by atoms with E-state index in [1.807, 2.05) is 84.9 Å². The summed E-state index contributed by atoms with van der Waals surface area (Å²) < 4.78 is 12.0. The molecule has 0 spiro atoms. The van der Waals surface area contributed by atoms with Gasteiger partial charge in [0.05, 0.1) is 11.1 Å². The zero-order valence-electron chi connectivity index (χ0n) is 23.3. The van der Waals surface area contributed by atoms with Gasteiger partial charge in [-0.1, -0.05) is 112 Å². The standard InChI is InChI=1S/C36H36O4/c1-3-5-13-27-19-23-31(24-20-27)35(37)39-33(29-15-9-7-10-16-29)34(30-17-11-8-12-18-30)40-36(38)32-25-21-28(22-26-32)14-6-4-2/h7-12,15-26H,3-6,13-14H2,1-2H3. The fourth-order valence-electron chi connectivity index (χ4n) is 4.33. The van der Waals surface area contributed by atoms with E-state index in [2.05, 4.69) is 13.8 Å². The molecule has 0 atom stereocenters. The molecule has 0 heterocycles. The molecule has 0 radical (unpaired) electrons. The second-order valence-electron chi connectivity index (χ2n) is 9.77. The van der Waals surface area contributed by atoms with Crippen molar-refractivity contribution in [3.63, 3.8) is 0 Å². The molecule has 4 nitrogen and oxygen atoms in total. The Balaban J connectivity index is 1.70. The summed E-state index contributed by atoms with van der Waals surface area (Å²) in [5, 5.41) is 0. The molecule has 4 heteroatoms. The van der Waals surface area contributed by atoms with E-state index in [1.165, 1.54) is 11.1 Å². The summed E-state index contributed by atoms with van der Waals surface area (Å²) in [5.74, 6) is -0.684. The van der Waals surface area contributed by atoms with Crippen molar-refractivity contribution in [3.8, 4) is 0 Å². The average Bonchev–Trinajstić information content (AvgIpc) is 3.01. The lowest BCUT2D eigenvalue weighted by atomic mass is 10.1. The second kappa shape index (κ2) is 14.6. The minimum atomic E-state index is -0.523. The van der Waals surface area contributed by atoms with Crippen molar-refractivity contribution < 1.29 is 19.1 Å². The van der Waals surface area contributed by atoms with Crippen LogP contribution in [0.5, 0.6) is 0 Å². The molecule has 40 heavy (non-hydrogen) atoms. The van der Waals surface area contributed by atoms with Crippen LogP contribution >= 0.6 is 0 Å². The summed E-state index contributed by atoms with van der Waals surface area (Å²) in [7, 11) is 0. The molecule has 0 bridgehead atoms. The number of carbonyl (C=O) groups is 2. The van der Waals surface area contributed by atoms with Crippen LogP contribution in [0.2, 0.25) is 0 Å². The van der Waals surface area contributed by atoms with E-state index in [4.69, 9.17) is 9.47 Å². The van der Waals surface area contributed by atoms with Crippen LogP contribution in [0.1, 0.15) is 82.5 Å². The van der Waals surface area contributed by atoms with Crippen molar-refractivity contribution in [2.45, 2.75) is 52.4 Å². The first kappa shape index (κ1) is 28.6. The summed E-state index contributed by atoms with van der Waals surface area (Å²) in [5.41, 5.74) is 4.45. The van der Waals surface area contributed by atoms with E-state index < -0.39 is 11.9 Å². The van der Waals surface area contributed by atoms with Crippen molar-refractivity contribution in [2.24, 2.45) is 0 Å². The lowest BCUT2D eigenvalue weighted by Gasteiger charge is -2.16. The predicted octanol–water partition coefficient (Wildman–Crippen LogP) is 8.91. The van der Waals surface area contributed by atoms with E-state index in [0.717, 1.165) is 38.5 Å². The van der Waals surface area contributed by atoms with Gasteiger partial charge in [0.2, 0.25) is 0 Å². The number of aryl methyl sites for hydroxylation is 2. The zero-order valence-corrected chi connectivity index (χ0v) is 23.3. The Morgan fingerprint density at radius 1 is 0.475 bits per heavy atom. The first-order valence-electron chi connectivity index (χ1n) is 14.1. The third kappa shape index (κ3) is 7.79. The number of carbonyl (C=O) groups excluding carboxylic acids is 2. The van der Waals surface area contributed by atoms with E-state index in [0.29, 0.717) is 22.3 Å². The van der Waals surface area contributed by atoms with Crippen LogP contribution in [-0.4, -0.2) is 11.9 Å². The Morgan fingerprint density at radius 3 is 1.15 bits per heavy atom. The highest BCUT2D eigenvalue weighted by Gasteiger charge is 2.23. The summed E-state index contributed by atoms with van der Waals surface area (Å²) in [6.07, 6.45) is 6.34. The van der Waals surface area contributed by atoms with Gasteiger partial charge in [0.1, 0.15) is 0 Å². The number of benzene rings is 4. The van der Waals surface area contributed by atoms with Gasteiger partial charge < -0.3 is 9.47 Å². The summed E-state index contributed by atoms with van der Waals surface area (Å²) in [6, 6.07) is 33.5. The molecular formula is C36H36O4. The maximum absolute atomic E-state index is 13.4. The normalized spacial score (nSPS) is 11.4. The molecule has 0 aliphatic rings. The summed E-state index contributed by atoms with van der Waals surface area (Å²) in [6.45, 7) is 4.31. The van der Waals surface area contributed by atoms with E-state index in [9.17, 15) is 9.59 Å². The smallest absolute Gasteiger partial charge is 0.343 e. The monoisotopic (exact) mass is 532 g/mol. The minimum Gasteiger partial charge on any atom is -0.418 e. The Hall–Kier alpha value is -4.44. The molecule has 0 aliphatic heterocycles. The van der Waals surface area contributed by atoms with Crippen LogP contribution in [0.15, 0.2) is 109 Å². The van der Waals surface area contributed by atoms with Crippen LogP contribution in [-0.2, 0) is 22.3 Å². The Kier molecular flexibility index (Phi) is 10.5. The highest BCUT2D eigenvalue weighted by Crippen LogP contribution is 2.30. The molecule has 0 fully saturated rings. The summed E-state index contributed by atoms with van der Waals surface area (Å²) >= 11 is 0. The summed E-state index contributed by atoms with van der Waals surface area (Å²) in [4.78, 5) is 26.7. The molecule has 0 N–H and O–H groups in total. The molecule has 0 unspecified atom stereocenters. The van der Waals surface area contributed by atoms with Crippen LogP contribution < -0.4 is 0 Å². The molecule has 204 valence electrons. The molecule has 0 saturated heterocycles. The van der Waals surface area contributed by atoms with E-state index in [-0.39, 0.29) is 11.5 Å². The van der Waals surface area contributed by atoms with Crippen molar-refractivity contribution in [3.05, 3.63) is 143 Å². The first-order chi connectivity index (χ1) is 19.6. The fraction of sp³-hybridized carbons (Fsp3) is 0.222. The topological polar surface area (TPSA) is 52.6 Å². The third-order valence-electron chi connectivity index (χ3n) is 6.68. The van der Waals surface area contributed by atoms with E-state index >= 15 is 0 Å². The van der Waals surface area contributed by atoms with Gasteiger partial charge in [-0.25, -0.2) is 9.59 Å². The molecule has 0 amide bonds. The van der Waals surface area contributed by atoms with Gasteiger partial charge in [-0.15, -0.1) is 0 Å². The SMILES string of the molecule is CCCCc1ccc(C(=O)OC(=C(OC(=O)c2ccc(CCCC)cc2)c2ccccc2)c2ccccc2)cc1. The second-order valence-corrected chi connectivity index (χ2v) is 9.77. The number of esters is 2. The number of rotatable bonds is 12. The van der Waals surface area contributed by atoms with Crippen LogP contribution in [0.25, 0.3) is 11.5 Å². The van der Waals surface area contributed by atoms with Crippen molar-refractivity contribution in [1.29, 1.82) is 0 Å². The number of unbranched alkanes of at least 4 members (excludes halogenated alkanes) is 2. The quantitative estimate of drug-likeness (QED) is 0.104. The highest BCUT2D eigenvalue weighted by molar-refractivity contribution is 6.00. The molecule has 4 rings (SSSR count). The minimum absolute atomic E-state index is 0.180. The molecule has 0 aromatic heterocycles. The van der Waals surface area contributed by atoms with Gasteiger partial charge in [-0.3, -0.25) is 0 Å². The number of hydrogen-bond acceptors (Lipinski definition) is 4. The Labute approximate surface area is 237 Å². The zero-order chi connectivity index (χ0) is 28.2.